The molecule has 1 aromatic carbocycles. The molecule has 1 aliphatic carbocycles. The molecule has 0 aromatic heterocycles. The molecule has 20 heavy (non-hydrogen) atoms. The van der Waals surface area contributed by atoms with Gasteiger partial charge in [0.15, 0.2) is 11.5 Å². The van der Waals surface area contributed by atoms with Crippen molar-refractivity contribution in [2.45, 2.75) is 32.6 Å². The number of benzene rings is 1. The number of ether oxygens (including phenoxy) is 2. The highest BCUT2D eigenvalue weighted by Crippen LogP contribution is 2.44. The van der Waals surface area contributed by atoms with Crippen molar-refractivity contribution in [3.63, 3.8) is 0 Å². The Labute approximate surface area is 119 Å². The second-order valence-corrected chi connectivity index (χ2v) is 5.68. The van der Waals surface area contributed by atoms with E-state index < -0.39 is 11.4 Å². The minimum absolute atomic E-state index is 0.402. The first-order valence-corrected chi connectivity index (χ1v) is 7.06. The lowest BCUT2D eigenvalue weighted by molar-refractivity contribution is -0.149. The molecular weight excluding hydrogens is 256 g/mol. The van der Waals surface area contributed by atoms with Gasteiger partial charge in [0.25, 0.3) is 0 Å². The summed E-state index contributed by atoms with van der Waals surface area (Å²) >= 11 is 0. The van der Waals surface area contributed by atoms with Crippen molar-refractivity contribution in [3.8, 4) is 11.5 Å². The number of carboxylic acids is 1. The fraction of sp³-hybridized carbons (Fsp3) is 0.562. The first kappa shape index (κ1) is 14.7. The Morgan fingerprint density at radius 2 is 2.10 bits per heavy atom. The number of rotatable bonds is 6. The van der Waals surface area contributed by atoms with E-state index in [1.54, 1.807) is 7.11 Å². The second kappa shape index (κ2) is 6.16. The Morgan fingerprint density at radius 1 is 1.40 bits per heavy atom. The molecule has 0 amide bonds. The molecule has 0 aliphatic heterocycles. The lowest BCUT2D eigenvalue weighted by Crippen LogP contribution is -2.30. The lowest BCUT2D eigenvalue weighted by Gasteiger charge is -2.24. The van der Waals surface area contributed by atoms with E-state index in [0.717, 1.165) is 19.3 Å². The van der Waals surface area contributed by atoms with E-state index in [1.165, 1.54) is 0 Å². The maximum absolute atomic E-state index is 11.6. The van der Waals surface area contributed by atoms with Crippen molar-refractivity contribution in [3.05, 3.63) is 24.3 Å². The van der Waals surface area contributed by atoms with Gasteiger partial charge in [-0.25, -0.2) is 0 Å². The molecule has 1 aliphatic rings. The van der Waals surface area contributed by atoms with Gasteiger partial charge in [-0.05, 0) is 43.7 Å². The van der Waals surface area contributed by atoms with Crippen molar-refractivity contribution in [2.75, 3.05) is 13.7 Å². The molecule has 1 saturated carbocycles. The minimum atomic E-state index is -0.689. The molecule has 2 atom stereocenters. The number of hydrogen-bond donors (Lipinski definition) is 1. The van der Waals surface area contributed by atoms with E-state index in [4.69, 9.17) is 9.47 Å². The summed E-state index contributed by atoms with van der Waals surface area (Å²) in [5.41, 5.74) is -0.610. The summed E-state index contributed by atoms with van der Waals surface area (Å²) in [7, 11) is 1.60. The zero-order chi connectivity index (χ0) is 14.6. The smallest absolute Gasteiger partial charge is 0.309 e. The summed E-state index contributed by atoms with van der Waals surface area (Å²) < 4.78 is 10.9. The molecule has 0 heterocycles. The number of carbonyl (C=O) groups is 1. The van der Waals surface area contributed by atoms with Gasteiger partial charge >= 0.3 is 5.97 Å². The van der Waals surface area contributed by atoms with E-state index >= 15 is 0 Å². The van der Waals surface area contributed by atoms with Crippen LogP contribution in [0.5, 0.6) is 11.5 Å². The molecule has 110 valence electrons. The number of carboxylic acid groups (broad SMARTS) is 1. The molecule has 1 aromatic rings. The van der Waals surface area contributed by atoms with Crippen LogP contribution in [0.25, 0.3) is 0 Å². The van der Waals surface area contributed by atoms with Crippen molar-refractivity contribution < 1.29 is 19.4 Å². The Hall–Kier alpha value is -1.71. The average molecular weight is 278 g/mol. The highest BCUT2D eigenvalue weighted by atomic mass is 16.5. The van der Waals surface area contributed by atoms with Gasteiger partial charge < -0.3 is 14.6 Å². The molecule has 4 heteroatoms. The molecule has 0 spiro atoms. The van der Waals surface area contributed by atoms with Crippen LogP contribution in [-0.2, 0) is 4.79 Å². The van der Waals surface area contributed by atoms with Gasteiger partial charge in [-0.3, -0.25) is 4.79 Å². The number of para-hydroxylation sites is 2. The minimum Gasteiger partial charge on any atom is -0.493 e. The SMILES string of the molecule is COc1ccccc1OCCC1(C(=O)O)CCC(C)C1. The average Bonchev–Trinajstić information content (AvgIpc) is 2.82. The van der Waals surface area contributed by atoms with Crippen molar-refractivity contribution in [1.82, 2.24) is 0 Å². The molecule has 0 bridgehead atoms. The number of methoxy groups -OCH3 is 1. The van der Waals surface area contributed by atoms with E-state index in [2.05, 4.69) is 6.92 Å². The summed E-state index contributed by atoms with van der Waals surface area (Å²) in [6.45, 7) is 2.52. The van der Waals surface area contributed by atoms with Crippen LogP contribution >= 0.6 is 0 Å². The van der Waals surface area contributed by atoms with E-state index in [9.17, 15) is 9.90 Å². The third-order valence-electron chi connectivity index (χ3n) is 4.22. The van der Waals surface area contributed by atoms with Crippen LogP contribution in [0.4, 0.5) is 0 Å². The number of aliphatic carboxylic acids is 1. The Balaban J connectivity index is 1.96. The monoisotopic (exact) mass is 278 g/mol. The molecular formula is C16H22O4. The first-order chi connectivity index (χ1) is 9.57. The largest absolute Gasteiger partial charge is 0.493 e. The molecule has 0 radical (unpaired) electrons. The molecule has 1 N–H and O–H groups in total. The van der Waals surface area contributed by atoms with Crippen molar-refractivity contribution in [2.24, 2.45) is 11.3 Å². The van der Waals surface area contributed by atoms with E-state index in [-0.39, 0.29) is 0 Å². The highest BCUT2D eigenvalue weighted by Gasteiger charge is 2.43. The third-order valence-corrected chi connectivity index (χ3v) is 4.22. The van der Waals surface area contributed by atoms with Crippen LogP contribution in [0.3, 0.4) is 0 Å². The van der Waals surface area contributed by atoms with Gasteiger partial charge in [0.1, 0.15) is 0 Å². The van der Waals surface area contributed by atoms with Gasteiger partial charge in [-0.2, -0.15) is 0 Å². The van der Waals surface area contributed by atoms with Crippen LogP contribution in [-0.4, -0.2) is 24.8 Å². The van der Waals surface area contributed by atoms with Gasteiger partial charge in [-0.15, -0.1) is 0 Å². The summed E-state index contributed by atoms with van der Waals surface area (Å²) in [4.78, 5) is 11.6. The van der Waals surface area contributed by atoms with E-state index in [1.807, 2.05) is 24.3 Å². The topological polar surface area (TPSA) is 55.8 Å². The van der Waals surface area contributed by atoms with Gasteiger partial charge in [-0.1, -0.05) is 19.1 Å². The Bertz CT molecular complexity index is 471. The molecule has 0 saturated heterocycles. The highest BCUT2D eigenvalue weighted by molar-refractivity contribution is 5.75. The van der Waals surface area contributed by atoms with Gasteiger partial charge in [0.05, 0.1) is 19.1 Å². The molecule has 1 fully saturated rings. The van der Waals surface area contributed by atoms with Gasteiger partial charge in [0, 0.05) is 0 Å². The quantitative estimate of drug-likeness (QED) is 0.867. The van der Waals surface area contributed by atoms with Crippen LogP contribution in [0.1, 0.15) is 32.6 Å². The molecule has 4 nitrogen and oxygen atoms in total. The molecule has 2 unspecified atom stereocenters. The summed E-state index contributed by atoms with van der Waals surface area (Å²) in [5.74, 6) is 1.14. The zero-order valence-corrected chi connectivity index (χ0v) is 12.1. The maximum atomic E-state index is 11.6. The maximum Gasteiger partial charge on any atom is 0.309 e. The van der Waals surface area contributed by atoms with Crippen LogP contribution in [0, 0.1) is 11.3 Å². The second-order valence-electron chi connectivity index (χ2n) is 5.68. The fourth-order valence-electron chi connectivity index (χ4n) is 3.02. The Kier molecular flexibility index (Phi) is 4.53. The van der Waals surface area contributed by atoms with Crippen molar-refractivity contribution >= 4 is 5.97 Å². The third kappa shape index (κ3) is 3.06. The van der Waals surface area contributed by atoms with Crippen LogP contribution in [0.15, 0.2) is 24.3 Å². The number of hydrogen-bond acceptors (Lipinski definition) is 3. The lowest BCUT2D eigenvalue weighted by atomic mass is 9.82. The fourth-order valence-corrected chi connectivity index (χ4v) is 3.02. The zero-order valence-electron chi connectivity index (χ0n) is 12.1. The predicted molar refractivity (Wildman–Crippen MR) is 76.2 cm³/mol. The molecule has 2 rings (SSSR count). The predicted octanol–water partition coefficient (Wildman–Crippen LogP) is 3.36. The first-order valence-electron chi connectivity index (χ1n) is 7.06. The van der Waals surface area contributed by atoms with E-state index in [0.29, 0.717) is 30.4 Å². The van der Waals surface area contributed by atoms with Crippen LogP contribution in [0.2, 0.25) is 0 Å². The summed E-state index contributed by atoms with van der Waals surface area (Å²) in [6.07, 6.45) is 3.03. The summed E-state index contributed by atoms with van der Waals surface area (Å²) in [5, 5.41) is 9.50. The van der Waals surface area contributed by atoms with Crippen molar-refractivity contribution in [1.29, 1.82) is 0 Å². The normalized spacial score (nSPS) is 25.4. The summed E-state index contributed by atoms with van der Waals surface area (Å²) in [6, 6.07) is 7.43. The Morgan fingerprint density at radius 3 is 2.65 bits per heavy atom. The standard InChI is InChI=1S/C16H22O4/c1-12-7-8-16(11-12,15(17)18)9-10-20-14-6-4-3-5-13(14)19-2/h3-6,12H,7-11H2,1-2H3,(H,17,18). The van der Waals surface area contributed by atoms with Crippen LogP contribution < -0.4 is 9.47 Å². The van der Waals surface area contributed by atoms with Gasteiger partial charge in [0.2, 0.25) is 0 Å².